The van der Waals surface area contributed by atoms with Gasteiger partial charge in [0.15, 0.2) is 0 Å². The molecule has 2 heterocycles. The lowest BCUT2D eigenvalue weighted by Gasteiger charge is -2.01. The van der Waals surface area contributed by atoms with Crippen LogP contribution < -0.4 is 11.3 Å². The van der Waals surface area contributed by atoms with Crippen LogP contribution in [0.25, 0.3) is 0 Å². The third kappa shape index (κ3) is 2.23. The second-order valence-electron chi connectivity index (χ2n) is 3.62. The van der Waals surface area contributed by atoms with Gasteiger partial charge < -0.3 is 5.43 Å². The molecule has 1 aliphatic rings. The molecular formula is C7H10N8S2. The van der Waals surface area contributed by atoms with Crippen LogP contribution in [0.5, 0.6) is 0 Å². The number of tetrazole rings is 1. The minimum atomic E-state index is 0.480. The summed E-state index contributed by atoms with van der Waals surface area (Å²) in [5, 5.41) is 17.3. The van der Waals surface area contributed by atoms with E-state index in [0.717, 1.165) is 28.7 Å². The summed E-state index contributed by atoms with van der Waals surface area (Å²) in [5.74, 6) is 6.01. The van der Waals surface area contributed by atoms with Crippen molar-refractivity contribution in [2.45, 2.75) is 29.8 Å². The van der Waals surface area contributed by atoms with Gasteiger partial charge in [0.05, 0.1) is 6.04 Å². The number of hydrogen-bond acceptors (Lipinski definition) is 9. The number of nitrogens with one attached hydrogen (secondary N) is 1. The van der Waals surface area contributed by atoms with Gasteiger partial charge in [-0.2, -0.15) is 0 Å². The van der Waals surface area contributed by atoms with E-state index in [1.807, 2.05) is 4.68 Å². The van der Waals surface area contributed by atoms with Crippen LogP contribution in [0, 0.1) is 0 Å². The third-order valence-electron chi connectivity index (χ3n) is 2.38. The fourth-order valence-electron chi connectivity index (χ4n) is 1.37. The molecule has 0 spiro atoms. The molecule has 0 saturated heterocycles. The SMILES string of the molecule is NNc1snnc1CSc1nnnn1C1CC1. The molecule has 1 saturated carbocycles. The van der Waals surface area contributed by atoms with E-state index in [-0.39, 0.29) is 0 Å². The number of aromatic nitrogens is 6. The van der Waals surface area contributed by atoms with Crippen LogP contribution in [0.15, 0.2) is 5.16 Å². The molecule has 90 valence electrons. The number of thioether (sulfide) groups is 1. The molecule has 0 aliphatic heterocycles. The Hall–Kier alpha value is -1.26. The summed E-state index contributed by atoms with van der Waals surface area (Å²) in [5.41, 5.74) is 3.40. The fourth-order valence-corrected chi connectivity index (χ4v) is 2.84. The highest BCUT2D eigenvalue weighted by Gasteiger charge is 2.28. The predicted octanol–water partition coefficient (Wildman–Crippen LogP) is 0.437. The maximum atomic E-state index is 5.36. The Bertz CT molecular complexity index is 503. The maximum Gasteiger partial charge on any atom is 0.209 e. The summed E-state index contributed by atoms with van der Waals surface area (Å²) >= 11 is 2.79. The molecular weight excluding hydrogens is 260 g/mol. The van der Waals surface area contributed by atoms with E-state index in [1.54, 1.807) is 11.8 Å². The summed E-state index contributed by atoms with van der Waals surface area (Å²) in [6.45, 7) is 0. The van der Waals surface area contributed by atoms with Crippen LogP contribution in [0.4, 0.5) is 5.00 Å². The van der Waals surface area contributed by atoms with Gasteiger partial charge >= 0.3 is 0 Å². The number of nitrogens with zero attached hydrogens (tertiary/aromatic N) is 6. The van der Waals surface area contributed by atoms with Crippen LogP contribution in [0.1, 0.15) is 24.6 Å². The van der Waals surface area contributed by atoms with Crippen molar-refractivity contribution in [3.8, 4) is 0 Å². The Kier molecular flexibility index (Phi) is 2.91. The average Bonchev–Trinajstić information content (AvgIpc) is 2.93. The van der Waals surface area contributed by atoms with Crippen LogP contribution >= 0.6 is 23.3 Å². The topological polar surface area (TPSA) is 107 Å². The maximum absolute atomic E-state index is 5.36. The van der Waals surface area contributed by atoms with Gasteiger partial charge in [-0.05, 0) is 23.3 Å². The van der Waals surface area contributed by atoms with Gasteiger partial charge in [-0.1, -0.05) is 16.3 Å². The number of hydrogen-bond donors (Lipinski definition) is 2. The van der Waals surface area contributed by atoms with E-state index in [1.165, 1.54) is 11.5 Å². The zero-order valence-corrected chi connectivity index (χ0v) is 10.4. The highest BCUT2D eigenvalue weighted by Crippen LogP contribution is 2.37. The first-order valence-corrected chi connectivity index (χ1v) is 6.83. The first-order valence-electron chi connectivity index (χ1n) is 5.07. The smallest absolute Gasteiger partial charge is 0.209 e. The minimum Gasteiger partial charge on any atom is -0.313 e. The van der Waals surface area contributed by atoms with E-state index in [9.17, 15) is 0 Å². The first kappa shape index (κ1) is 10.9. The van der Waals surface area contributed by atoms with Gasteiger partial charge in [-0.25, -0.2) is 10.5 Å². The number of hydrazine groups is 1. The minimum absolute atomic E-state index is 0.480. The number of nitrogen functional groups attached to an aromatic ring is 1. The molecule has 0 radical (unpaired) electrons. The van der Waals surface area contributed by atoms with E-state index in [4.69, 9.17) is 5.84 Å². The number of anilines is 1. The Morgan fingerprint density at radius 3 is 3.12 bits per heavy atom. The van der Waals surface area contributed by atoms with Gasteiger partial charge in [0, 0.05) is 17.3 Å². The normalized spacial score (nSPS) is 15.1. The van der Waals surface area contributed by atoms with Gasteiger partial charge in [0.2, 0.25) is 5.16 Å². The van der Waals surface area contributed by atoms with E-state index >= 15 is 0 Å². The lowest BCUT2D eigenvalue weighted by molar-refractivity contribution is 0.565. The summed E-state index contributed by atoms with van der Waals surface area (Å²) in [6.07, 6.45) is 2.32. The summed E-state index contributed by atoms with van der Waals surface area (Å²) in [6, 6.07) is 0.480. The Balaban J connectivity index is 1.69. The standard InChI is InChI=1S/C7H10N8S2/c8-9-6-5(10-14-17-6)3-16-7-11-12-13-15(7)4-1-2-4/h4,9H,1-3,8H2. The largest absolute Gasteiger partial charge is 0.313 e. The highest BCUT2D eigenvalue weighted by molar-refractivity contribution is 7.98. The lowest BCUT2D eigenvalue weighted by Crippen LogP contribution is -2.07. The quantitative estimate of drug-likeness (QED) is 0.458. The van der Waals surface area contributed by atoms with E-state index < -0.39 is 0 Å². The molecule has 10 heteroatoms. The van der Waals surface area contributed by atoms with Crippen molar-refractivity contribution in [2.24, 2.45) is 5.84 Å². The van der Waals surface area contributed by atoms with E-state index in [2.05, 4.69) is 30.5 Å². The van der Waals surface area contributed by atoms with Gasteiger partial charge in [0.25, 0.3) is 0 Å². The lowest BCUT2D eigenvalue weighted by atomic mass is 10.5. The number of nitrogens with two attached hydrogens (primary N) is 1. The summed E-state index contributed by atoms with van der Waals surface area (Å²) < 4.78 is 5.72. The average molecular weight is 270 g/mol. The zero-order valence-electron chi connectivity index (χ0n) is 8.78. The molecule has 0 bridgehead atoms. The van der Waals surface area contributed by atoms with E-state index in [0.29, 0.717) is 11.8 Å². The highest BCUT2D eigenvalue weighted by atomic mass is 32.2. The predicted molar refractivity (Wildman–Crippen MR) is 63.4 cm³/mol. The van der Waals surface area contributed by atoms with Gasteiger partial charge in [-0.3, -0.25) is 0 Å². The zero-order chi connectivity index (χ0) is 11.7. The van der Waals surface area contributed by atoms with Crippen molar-refractivity contribution in [1.29, 1.82) is 0 Å². The fraction of sp³-hybridized carbons (Fsp3) is 0.571. The molecule has 2 aromatic heterocycles. The van der Waals surface area contributed by atoms with Crippen LogP contribution in [-0.2, 0) is 5.75 Å². The summed E-state index contributed by atoms with van der Waals surface area (Å²) in [7, 11) is 0. The second-order valence-corrected chi connectivity index (χ2v) is 5.32. The van der Waals surface area contributed by atoms with Crippen molar-refractivity contribution < 1.29 is 0 Å². The van der Waals surface area contributed by atoms with Crippen LogP contribution in [-0.4, -0.2) is 29.8 Å². The Morgan fingerprint density at radius 1 is 1.47 bits per heavy atom. The first-order chi connectivity index (χ1) is 8.38. The summed E-state index contributed by atoms with van der Waals surface area (Å²) in [4.78, 5) is 0. The molecule has 2 aromatic rings. The molecule has 0 atom stereocenters. The Morgan fingerprint density at radius 2 is 2.35 bits per heavy atom. The molecule has 0 unspecified atom stereocenters. The molecule has 1 fully saturated rings. The van der Waals surface area contributed by atoms with Crippen molar-refractivity contribution in [2.75, 3.05) is 5.43 Å². The molecule has 8 nitrogen and oxygen atoms in total. The molecule has 17 heavy (non-hydrogen) atoms. The van der Waals surface area contributed by atoms with Crippen molar-refractivity contribution >= 4 is 28.3 Å². The monoisotopic (exact) mass is 270 g/mol. The van der Waals surface area contributed by atoms with Crippen molar-refractivity contribution in [3.05, 3.63) is 5.69 Å². The van der Waals surface area contributed by atoms with Crippen molar-refractivity contribution in [1.82, 2.24) is 29.8 Å². The second kappa shape index (κ2) is 4.55. The molecule has 3 N–H and O–H groups in total. The molecule has 3 rings (SSSR count). The van der Waals surface area contributed by atoms with Crippen molar-refractivity contribution in [3.63, 3.8) is 0 Å². The molecule has 1 aliphatic carbocycles. The van der Waals surface area contributed by atoms with Gasteiger partial charge in [-0.15, -0.1) is 10.2 Å². The molecule has 0 amide bonds. The Labute approximate surface area is 105 Å². The molecule has 0 aromatic carbocycles. The third-order valence-corrected chi connectivity index (χ3v) is 4.02. The van der Waals surface area contributed by atoms with Gasteiger partial charge in [0.1, 0.15) is 10.7 Å². The number of rotatable bonds is 5. The van der Waals surface area contributed by atoms with Crippen LogP contribution in [0.2, 0.25) is 0 Å². The van der Waals surface area contributed by atoms with Crippen LogP contribution in [0.3, 0.4) is 0 Å².